The summed E-state index contributed by atoms with van der Waals surface area (Å²) >= 11 is 0. The van der Waals surface area contributed by atoms with Gasteiger partial charge in [0, 0.05) is 23.6 Å². The van der Waals surface area contributed by atoms with Crippen LogP contribution in [0.4, 0.5) is 0 Å². The van der Waals surface area contributed by atoms with Crippen molar-refractivity contribution < 1.29 is 9.53 Å². The normalized spacial score (nSPS) is 10.5. The fourth-order valence-corrected chi connectivity index (χ4v) is 2.08. The Morgan fingerprint density at radius 1 is 1.44 bits per heavy atom. The van der Waals surface area contributed by atoms with Crippen LogP contribution in [0, 0.1) is 0 Å². The molecule has 2 rings (SSSR count). The number of nitrogens with zero attached hydrogens (tertiary/aromatic N) is 1. The number of carbonyl (C=O) groups is 1. The maximum absolute atomic E-state index is 11.6. The number of fused-ring (bicyclic) bond motifs is 1. The Balaban J connectivity index is 2.28. The number of ether oxygens (including phenoxy) is 1. The summed E-state index contributed by atoms with van der Waals surface area (Å²) in [6, 6.07) is 8.10. The summed E-state index contributed by atoms with van der Waals surface area (Å²) in [4.78, 5) is 11.6. The fraction of sp³-hybridized carbons (Fsp3) is 0.267. The van der Waals surface area contributed by atoms with Crippen LogP contribution in [0.1, 0.15) is 12.5 Å². The molecule has 0 atom stereocenters. The number of esters is 1. The maximum Gasteiger partial charge on any atom is 0.310 e. The van der Waals surface area contributed by atoms with Crippen LogP contribution in [0.25, 0.3) is 10.9 Å². The van der Waals surface area contributed by atoms with E-state index in [1.165, 1.54) is 0 Å². The molecule has 0 aliphatic heterocycles. The molecule has 3 nitrogen and oxygen atoms in total. The third-order valence-electron chi connectivity index (χ3n) is 2.91. The lowest BCUT2D eigenvalue weighted by Gasteiger charge is -2.00. The molecule has 94 valence electrons. The zero-order valence-corrected chi connectivity index (χ0v) is 10.6. The predicted octanol–water partition coefficient (Wildman–Crippen LogP) is 2.93. The maximum atomic E-state index is 11.6. The first-order chi connectivity index (χ1) is 8.76. The molecule has 0 fully saturated rings. The lowest BCUT2D eigenvalue weighted by atomic mass is 10.1. The van der Waals surface area contributed by atoms with Crippen molar-refractivity contribution >= 4 is 16.9 Å². The first-order valence-electron chi connectivity index (χ1n) is 6.09. The first-order valence-corrected chi connectivity index (χ1v) is 6.09. The van der Waals surface area contributed by atoms with E-state index in [0.29, 0.717) is 6.42 Å². The van der Waals surface area contributed by atoms with E-state index in [4.69, 9.17) is 4.74 Å². The Morgan fingerprint density at radius 3 is 2.94 bits per heavy atom. The van der Waals surface area contributed by atoms with Gasteiger partial charge in [0.05, 0.1) is 6.42 Å². The highest BCUT2D eigenvalue weighted by atomic mass is 16.5. The van der Waals surface area contributed by atoms with Gasteiger partial charge in [0.1, 0.15) is 6.61 Å². The minimum Gasteiger partial charge on any atom is -0.461 e. The molecular formula is C15H17NO2. The molecule has 0 N–H and O–H groups in total. The van der Waals surface area contributed by atoms with Crippen molar-refractivity contribution in [2.75, 3.05) is 6.61 Å². The van der Waals surface area contributed by atoms with Gasteiger partial charge in [0.25, 0.3) is 0 Å². The van der Waals surface area contributed by atoms with E-state index >= 15 is 0 Å². The Bertz CT molecular complexity index is 569. The number of hydrogen-bond donors (Lipinski definition) is 0. The first kappa shape index (κ1) is 12.4. The Labute approximate surface area is 107 Å². The van der Waals surface area contributed by atoms with Crippen molar-refractivity contribution in [2.24, 2.45) is 0 Å². The van der Waals surface area contributed by atoms with E-state index in [2.05, 4.69) is 24.1 Å². The Morgan fingerprint density at radius 2 is 2.22 bits per heavy atom. The fourth-order valence-electron chi connectivity index (χ4n) is 2.08. The highest BCUT2D eigenvalue weighted by Crippen LogP contribution is 2.21. The Kier molecular flexibility index (Phi) is 3.82. The number of aryl methyl sites for hydroxylation is 1. The highest BCUT2D eigenvalue weighted by Gasteiger charge is 2.11. The van der Waals surface area contributed by atoms with Gasteiger partial charge in [-0.1, -0.05) is 30.9 Å². The molecule has 0 radical (unpaired) electrons. The second-order valence-corrected chi connectivity index (χ2v) is 4.11. The number of benzene rings is 1. The smallest absolute Gasteiger partial charge is 0.310 e. The van der Waals surface area contributed by atoms with E-state index in [0.717, 1.165) is 23.0 Å². The standard InChI is InChI=1S/C15H17NO2/c1-3-9-18-15(17)10-12-11-16(4-2)14-8-6-5-7-13(12)14/h3,5-8,11H,1,4,9-10H2,2H3. The topological polar surface area (TPSA) is 31.2 Å². The Hall–Kier alpha value is -2.03. The van der Waals surface area contributed by atoms with Crippen molar-refractivity contribution in [1.29, 1.82) is 0 Å². The van der Waals surface area contributed by atoms with Crippen molar-refractivity contribution in [1.82, 2.24) is 4.57 Å². The second kappa shape index (κ2) is 5.54. The largest absolute Gasteiger partial charge is 0.461 e. The number of carbonyl (C=O) groups excluding carboxylic acids is 1. The van der Waals surface area contributed by atoms with E-state index in [1.54, 1.807) is 6.08 Å². The molecule has 0 aliphatic carbocycles. The minimum atomic E-state index is -0.214. The van der Waals surface area contributed by atoms with Gasteiger partial charge in [0.2, 0.25) is 0 Å². The summed E-state index contributed by atoms with van der Waals surface area (Å²) in [7, 11) is 0. The number of hydrogen-bond acceptors (Lipinski definition) is 2. The van der Waals surface area contributed by atoms with Crippen LogP contribution in [0.2, 0.25) is 0 Å². The van der Waals surface area contributed by atoms with Gasteiger partial charge in [-0.2, -0.15) is 0 Å². The summed E-state index contributed by atoms with van der Waals surface area (Å²) in [6.45, 7) is 6.78. The summed E-state index contributed by atoms with van der Waals surface area (Å²) in [6.07, 6.45) is 3.91. The molecule has 0 saturated carbocycles. The van der Waals surface area contributed by atoms with Crippen molar-refractivity contribution in [3.8, 4) is 0 Å². The molecule has 0 aliphatic rings. The average molecular weight is 243 g/mol. The third kappa shape index (κ3) is 2.45. The van der Waals surface area contributed by atoms with Gasteiger partial charge in [-0.05, 0) is 18.6 Å². The molecular weight excluding hydrogens is 226 g/mol. The average Bonchev–Trinajstić information content (AvgIpc) is 2.75. The molecule has 2 aromatic rings. The molecule has 1 aromatic heterocycles. The number of rotatable bonds is 5. The van der Waals surface area contributed by atoms with Gasteiger partial charge < -0.3 is 9.30 Å². The second-order valence-electron chi connectivity index (χ2n) is 4.11. The molecule has 18 heavy (non-hydrogen) atoms. The molecule has 3 heteroatoms. The lowest BCUT2D eigenvalue weighted by Crippen LogP contribution is -2.07. The molecule has 0 saturated heterocycles. The zero-order valence-electron chi connectivity index (χ0n) is 10.6. The molecule has 0 bridgehead atoms. The predicted molar refractivity (Wildman–Crippen MR) is 72.5 cm³/mol. The van der Waals surface area contributed by atoms with Crippen LogP contribution in [-0.4, -0.2) is 17.1 Å². The van der Waals surface area contributed by atoms with Gasteiger partial charge in [-0.25, -0.2) is 0 Å². The number of para-hydroxylation sites is 1. The van der Waals surface area contributed by atoms with Gasteiger partial charge in [-0.3, -0.25) is 4.79 Å². The molecule has 0 amide bonds. The lowest BCUT2D eigenvalue weighted by molar-refractivity contribution is -0.141. The van der Waals surface area contributed by atoms with E-state index in [1.807, 2.05) is 24.4 Å². The van der Waals surface area contributed by atoms with Crippen LogP contribution >= 0.6 is 0 Å². The van der Waals surface area contributed by atoms with Crippen LogP contribution in [0.3, 0.4) is 0 Å². The summed E-state index contributed by atoms with van der Waals surface area (Å²) in [5.41, 5.74) is 2.17. The monoisotopic (exact) mass is 243 g/mol. The van der Waals surface area contributed by atoms with Crippen molar-refractivity contribution in [2.45, 2.75) is 19.9 Å². The highest BCUT2D eigenvalue weighted by molar-refractivity contribution is 5.87. The molecule has 0 spiro atoms. The van der Waals surface area contributed by atoms with Gasteiger partial charge in [-0.15, -0.1) is 0 Å². The van der Waals surface area contributed by atoms with Crippen molar-refractivity contribution in [3.63, 3.8) is 0 Å². The van der Waals surface area contributed by atoms with E-state index in [-0.39, 0.29) is 12.6 Å². The minimum absolute atomic E-state index is 0.214. The number of aromatic nitrogens is 1. The zero-order chi connectivity index (χ0) is 13.0. The van der Waals surface area contributed by atoms with Crippen molar-refractivity contribution in [3.05, 3.63) is 48.7 Å². The third-order valence-corrected chi connectivity index (χ3v) is 2.91. The SMILES string of the molecule is C=CCOC(=O)Cc1cn(CC)c2ccccc12. The van der Waals surface area contributed by atoms with E-state index in [9.17, 15) is 4.79 Å². The molecule has 1 aromatic carbocycles. The van der Waals surface area contributed by atoms with Crippen LogP contribution in [0.5, 0.6) is 0 Å². The van der Waals surface area contributed by atoms with Crippen LogP contribution in [0.15, 0.2) is 43.1 Å². The quantitative estimate of drug-likeness (QED) is 0.597. The summed E-state index contributed by atoms with van der Waals surface area (Å²) < 4.78 is 7.16. The molecule has 1 heterocycles. The summed E-state index contributed by atoms with van der Waals surface area (Å²) in [5, 5.41) is 1.12. The summed E-state index contributed by atoms with van der Waals surface area (Å²) in [5.74, 6) is -0.214. The molecule has 0 unspecified atom stereocenters. The van der Waals surface area contributed by atoms with Gasteiger partial charge >= 0.3 is 5.97 Å². The van der Waals surface area contributed by atoms with Gasteiger partial charge in [0.15, 0.2) is 0 Å². The van der Waals surface area contributed by atoms with Crippen LogP contribution in [-0.2, 0) is 22.5 Å². The van der Waals surface area contributed by atoms with Crippen LogP contribution < -0.4 is 0 Å². The van der Waals surface area contributed by atoms with E-state index < -0.39 is 0 Å².